The number of nitrogen functional groups attached to an aromatic ring is 1. The molecule has 4 nitrogen and oxygen atoms in total. The Hall–Kier alpha value is -1.19. The fourth-order valence-corrected chi connectivity index (χ4v) is 2.50. The van der Waals surface area contributed by atoms with Gasteiger partial charge >= 0.3 is 0 Å². The number of hydrogen-bond donors (Lipinski definition) is 2. The van der Waals surface area contributed by atoms with Crippen LogP contribution in [0.1, 0.15) is 63.6 Å². The van der Waals surface area contributed by atoms with Crippen LogP contribution in [0.15, 0.2) is 4.79 Å². The highest BCUT2D eigenvalue weighted by atomic mass is 16.1. The van der Waals surface area contributed by atoms with E-state index in [9.17, 15) is 4.79 Å². The molecule has 0 saturated heterocycles. The molecule has 1 aliphatic carbocycles. The highest BCUT2D eigenvalue weighted by molar-refractivity contribution is 5.43. The highest BCUT2D eigenvalue weighted by Crippen LogP contribution is 2.35. The topological polar surface area (TPSA) is 63.8 Å². The molecular weight excluding hydrogens is 202 g/mol. The molecule has 1 saturated carbocycles. The van der Waals surface area contributed by atoms with Gasteiger partial charge in [-0.2, -0.15) is 0 Å². The summed E-state index contributed by atoms with van der Waals surface area (Å²) in [5, 5.41) is 3.22. The van der Waals surface area contributed by atoms with Crippen molar-refractivity contribution in [1.29, 1.82) is 0 Å². The second kappa shape index (κ2) is 4.36. The fourth-order valence-electron chi connectivity index (χ4n) is 2.50. The van der Waals surface area contributed by atoms with Crippen LogP contribution in [0.5, 0.6) is 0 Å². The number of H-pyrrole nitrogens is 1. The summed E-state index contributed by atoms with van der Waals surface area (Å²) in [4.78, 5) is 12.0. The number of aromatic nitrogens is 2. The Bertz CT molecular complexity index is 412. The molecule has 1 unspecified atom stereocenters. The van der Waals surface area contributed by atoms with Gasteiger partial charge in [0, 0.05) is 5.92 Å². The molecule has 2 rings (SSSR count). The standard InChI is InChI=1S/C12H21N3O/c1-3-8(2)15-12(16)10(13)11(14-15)9-6-4-5-7-9/h8-9,14H,3-7,13H2,1-2H3. The average Bonchev–Trinajstić information content (AvgIpc) is 2.89. The Morgan fingerprint density at radius 3 is 2.69 bits per heavy atom. The highest BCUT2D eigenvalue weighted by Gasteiger charge is 2.24. The lowest BCUT2D eigenvalue weighted by atomic mass is 10.0. The van der Waals surface area contributed by atoms with Crippen LogP contribution in [0.2, 0.25) is 0 Å². The van der Waals surface area contributed by atoms with E-state index in [1.54, 1.807) is 4.68 Å². The largest absolute Gasteiger partial charge is 0.393 e. The van der Waals surface area contributed by atoms with Gasteiger partial charge in [-0.1, -0.05) is 19.8 Å². The summed E-state index contributed by atoms with van der Waals surface area (Å²) in [5.74, 6) is 0.470. The van der Waals surface area contributed by atoms with E-state index in [1.165, 1.54) is 12.8 Å². The second-order valence-electron chi connectivity index (χ2n) is 4.85. The molecule has 1 aromatic rings. The third-order valence-electron chi connectivity index (χ3n) is 3.78. The van der Waals surface area contributed by atoms with Crippen molar-refractivity contribution in [2.75, 3.05) is 5.73 Å². The van der Waals surface area contributed by atoms with Crippen LogP contribution in [0.3, 0.4) is 0 Å². The lowest BCUT2D eigenvalue weighted by Crippen LogP contribution is -2.21. The summed E-state index contributed by atoms with van der Waals surface area (Å²) < 4.78 is 1.68. The summed E-state index contributed by atoms with van der Waals surface area (Å²) in [6.07, 6.45) is 5.75. The Morgan fingerprint density at radius 2 is 2.12 bits per heavy atom. The van der Waals surface area contributed by atoms with Crippen molar-refractivity contribution in [3.63, 3.8) is 0 Å². The van der Waals surface area contributed by atoms with Gasteiger partial charge in [0.1, 0.15) is 5.69 Å². The number of anilines is 1. The molecule has 0 bridgehead atoms. The van der Waals surface area contributed by atoms with Gasteiger partial charge in [-0.05, 0) is 26.2 Å². The van der Waals surface area contributed by atoms with E-state index in [4.69, 9.17) is 5.73 Å². The SMILES string of the molecule is CCC(C)n1[nH]c(C2CCCC2)c(N)c1=O. The van der Waals surface area contributed by atoms with Gasteiger partial charge in [0.05, 0.1) is 11.7 Å². The van der Waals surface area contributed by atoms with Crippen LogP contribution < -0.4 is 11.3 Å². The first kappa shape index (κ1) is 11.3. The van der Waals surface area contributed by atoms with Crippen LogP contribution in [-0.2, 0) is 0 Å². The van der Waals surface area contributed by atoms with E-state index < -0.39 is 0 Å². The molecule has 16 heavy (non-hydrogen) atoms. The number of nitrogens with two attached hydrogens (primary N) is 1. The minimum absolute atomic E-state index is 0.0451. The van der Waals surface area contributed by atoms with Gasteiger partial charge in [0.15, 0.2) is 0 Å². The summed E-state index contributed by atoms with van der Waals surface area (Å²) in [6.45, 7) is 4.11. The van der Waals surface area contributed by atoms with E-state index in [0.717, 1.165) is 25.0 Å². The molecular formula is C12H21N3O. The molecule has 0 radical (unpaired) electrons. The predicted octanol–water partition coefficient (Wildman–Crippen LogP) is 2.39. The average molecular weight is 223 g/mol. The smallest absolute Gasteiger partial charge is 0.290 e. The van der Waals surface area contributed by atoms with Crippen LogP contribution in [0.4, 0.5) is 5.69 Å². The molecule has 0 aliphatic heterocycles. The minimum atomic E-state index is -0.0451. The number of nitrogens with zero attached hydrogens (tertiary/aromatic N) is 1. The molecule has 1 aliphatic rings. The molecule has 90 valence electrons. The number of hydrogen-bond acceptors (Lipinski definition) is 2. The van der Waals surface area contributed by atoms with Crippen molar-refractivity contribution >= 4 is 5.69 Å². The Labute approximate surface area is 95.8 Å². The Kier molecular flexibility index (Phi) is 3.08. The lowest BCUT2D eigenvalue weighted by molar-refractivity contribution is 0.457. The number of nitrogens with one attached hydrogen (secondary N) is 1. The lowest BCUT2D eigenvalue weighted by Gasteiger charge is -2.10. The molecule has 1 aromatic heterocycles. The zero-order valence-electron chi connectivity index (χ0n) is 10.1. The Balaban J connectivity index is 2.36. The second-order valence-corrected chi connectivity index (χ2v) is 4.85. The third kappa shape index (κ3) is 1.77. The first-order chi connectivity index (χ1) is 7.65. The van der Waals surface area contributed by atoms with Crippen molar-refractivity contribution in [3.8, 4) is 0 Å². The summed E-state index contributed by atoms with van der Waals surface area (Å²) in [7, 11) is 0. The monoisotopic (exact) mass is 223 g/mol. The van der Waals surface area contributed by atoms with Gasteiger partial charge < -0.3 is 5.73 Å². The van der Waals surface area contributed by atoms with Crippen molar-refractivity contribution in [2.24, 2.45) is 0 Å². The molecule has 0 amide bonds. The molecule has 1 heterocycles. The van der Waals surface area contributed by atoms with Gasteiger partial charge in [-0.15, -0.1) is 0 Å². The van der Waals surface area contributed by atoms with E-state index in [1.807, 2.05) is 6.92 Å². The van der Waals surface area contributed by atoms with E-state index in [-0.39, 0.29) is 11.6 Å². The number of rotatable bonds is 3. The minimum Gasteiger partial charge on any atom is -0.393 e. The van der Waals surface area contributed by atoms with Gasteiger partial charge in [-0.3, -0.25) is 9.89 Å². The normalized spacial score (nSPS) is 19.1. The zero-order chi connectivity index (χ0) is 11.7. The zero-order valence-corrected chi connectivity index (χ0v) is 10.1. The molecule has 0 aromatic carbocycles. The fraction of sp³-hybridized carbons (Fsp3) is 0.750. The maximum absolute atomic E-state index is 12.0. The molecule has 3 N–H and O–H groups in total. The third-order valence-corrected chi connectivity index (χ3v) is 3.78. The molecule has 1 atom stereocenters. The van der Waals surface area contributed by atoms with Crippen LogP contribution in [-0.4, -0.2) is 9.78 Å². The summed E-state index contributed by atoms with van der Waals surface area (Å²) >= 11 is 0. The van der Waals surface area contributed by atoms with E-state index in [2.05, 4.69) is 12.0 Å². The van der Waals surface area contributed by atoms with Gasteiger partial charge in [0.25, 0.3) is 5.56 Å². The summed E-state index contributed by atoms with van der Waals surface area (Å²) in [5.41, 5.74) is 7.28. The van der Waals surface area contributed by atoms with Crippen LogP contribution in [0.25, 0.3) is 0 Å². The van der Waals surface area contributed by atoms with E-state index in [0.29, 0.717) is 11.6 Å². The van der Waals surface area contributed by atoms with Crippen LogP contribution in [0, 0.1) is 0 Å². The number of aromatic amines is 1. The molecule has 0 spiro atoms. The van der Waals surface area contributed by atoms with Gasteiger partial charge in [0.2, 0.25) is 0 Å². The maximum Gasteiger partial charge on any atom is 0.290 e. The Morgan fingerprint density at radius 1 is 1.50 bits per heavy atom. The van der Waals surface area contributed by atoms with Crippen molar-refractivity contribution in [1.82, 2.24) is 9.78 Å². The van der Waals surface area contributed by atoms with Gasteiger partial charge in [-0.25, -0.2) is 4.68 Å². The van der Waals surface area contributed by atoms with Crippen molar-refractivity contribution in [3.05, 3.63) is 16.0 Å². The molecule has 4 heteroatoms. The predicted molar refractivity (Wildman–Crippen MR) is 65.7 cm³/mol. The maximum atomic E-state index is 12.0. The first-order valence-electron chi connectivity index (χ1n) is 6.25. The van der Waals surface area contributed by atoms with Crippen molar-refractivity contribution < 1.29 is 0 Å². The first-order valence-corrected chi connectivity index (χ1v) is 6.25. The summed E-state index contributed by atoms with van der Waals surface area (Å²) in [6, 6.07) is 0.199. The van der Waals surface area contributed by atoms with E-state index >= 15 is 0 Å². The van der Waals surface area contributed by atoms with Crippen molar-refractivity contribution in [2.45, 2.75) is 57.9 Å². The van der Waals surface area contributed by atoms with Crippen LogP contribution >= 0.6 is 0 Å². The molecule has 1 fully saturated rings. The quantitative estimate of drug-likeness (QED) is 0.826.